The van der Waals surface area contributed by atoms with Gasteiger partial charge in [0.15, 0.2) is 0 Å². The van der Waals surface area contributed by atoms with Gasteiger partial charge in [0.05, 0.1) is 0 Å². The number of rotatable bonds is 30. The van der Waals surface area contributed by atoms with E-state index in [0.29, 0.717) is 13.2 Å². The molecule has 0 fully saturated rings. The Kier molecular flexibility index (Phi) is 38.9. The van der Waals surface area contributed by atoms with Crippen LogP contribution in [-0.4, -0.2) is 23.4 Å². The maximum absolute atomic E-state index is 9.15. The summed E-state index contributed by atoms with van der Waals surface area (Å²) in [7, 11) is 0. The van der Waals surface area contributed by atoms with Crippen molar-refractivity contribution in [3.05, 3.63) is 0 Å². The molecular weight excluding hydrogens is 464 g/mol. The van der Waals surface area contributed by atoms with Gasteiger partial charge >= 0.3 is 0 Å². The molecular formula is C36H76O2. The zero-order valence-electron chi connectivity index (χ0n) is 27.3. The first-order valence-corrected chi connectivity index (χ1v) is 17.9. The fraction of sp³-hybridized carbons (Fsp3) is 1.00. The van der Waals surface area contributed by atoms with Crippen LogP contribution < -0.4 is 0 Å². The molecule has 0 saturated heterocycles. The molecule has 2 atom stereocenters. The van der Waals surface area contributed by atoms with Crippen LogP contribution in [0.5, 0.6) is 0 Å². The van der Waals surface area contributed by atoms with E-state index in [1.54, 1.807) is 0 Å². The third kappa shape index (κ3) is 33.9. The van der Waals surface area contributed by atoms with E-state index in [4.69, 9.17) is 10.2 Å². The van der Waals surface area contributed by atoms with E-state index in [-0.39, 0.29) is 0 Å². The Labute approximate surface area is 242 Å². The SMILES string of the molecule is CCCCCCCCC(CCO)CCCCCCC.CCCCCCCCCC(CCO)CCCCCC. The number of hydrogen-bond acceptors (Lipinski definition) is 2. The minimum Gasteiger partial charge on any atom is -0.396 e. The average molecular weight is 541 g/mol. The molecule has 0 aliphatic carbocycles. The van der Waals surface area contributed by atoms with Crippen LogP contribution in [0, 0.1) is 11.8 Å². The van der Waals surface area contributed by atoms with Gasteiger partial charge in [-0.3, -0.25) is 0 Å². The molecule has 0 aliphatic heterocycles. The average Bonchev–Trinajstić information content (AvgIpc) is 2.92. The van der Waals surface area contributed by atoms with E-state index in [9.17, 15) is 0 Å². The van der Waals surface area contributed by atoms with Crippen molar-refractivity contribution >= 4 is 0 Å². The van der Waals surface area contributed by atoms with Crippen LogP contribution in [0.2, 0.25) is 0 Å². The Hall–Kier alpha value is -0.0800. The van der Waals surface area contributed by atoms with Gasteiger partial charge in [-0.15, -0.1) is 0 Å². The molecule has 0 aliphatic rings. The van der Waals surface area contributed by atoms with Crippen molar-refractivity contribution in [1.29, 1.82) is 0 Å². The Morgan fingerprint density at radius 1 is 0.289 bits per heavy atom. The predicted octanol–water partition coefficient (Wildman–Crippen LogP) is 12.2. The Morgan fingerprint density at radius 2 is 0.500 bits per heavy atom. The molecule has 0 heterocycles. The maximum Gasteiger partial charge on any atom is 0.0433 e. The first-order chi connectivity index (χ1) is 18.7. The lowest BCUT2D eigenvalue weighted by molar-refractivity contribution is 0.241. The standard InChI is InChI=1S/2C18H38O/c1-3-5-7-9-10-11-13-15-18(16-17-19)14-12-8-6-4-2;1-3-5-7-9-11-13-15-18(16-17-19)14-12-10-8-6-4-2/h2*18-19H,3-17H2,1-2H3. The number of unbranched alkanes of at least 4 members (excludes halogenated alkanes) is 18. The van der Waals surface area contributed by atoms with E-state index in [0.717, 1.165) is 24.7 Å². The van der Waals surface area contributed by atoms with E-state index >= 15 is 0 Å². The first-order valence-electron chi connectivity index (χ1n) is 17.9. The summed E-state index contributed by atoms with van der Waals surface area (Å²) in [6, 6.07) is 0. The summed E-state index contributed by atoms with van der Waals surface area (Å²) >= 11 is 0. The van der Waals surface area contributed by atoms with Gasteiger partial charge in [-0.25, -0.2) is 0 Å². The summed E-state index contributed by atoms with van der Waals surface area (Å²) in [4.78, 5) is 0. The molecule has 0 aromatic heterocycles. The highest BCUT2D eigenvalue weighted by molar-refractivity contribution is 4.62. The van der Waals surface area contributed by atoms with Crippen molar-refractivity contribution in [1.82, 2.24) is 0 Å². The lowest BCUT2D eigenvalue weighted by atomic mass is 9.92. The summed E-state index contributed by atoms with van der Waals surface area (Å²) in [5, 5.41) is 18.3. The zero-order chi connectivity index (χ0) is 28.4. The topological polar surface area (TPSA) is 40.5 Å². The quantitative estimate of drug-likeness (QED) is 0.0889. The number of aliphatic hydroxyl groups excluding tert-OH is 2. The van der Waals surface area contributed by atoms with Crippen molar-refractivity contribution in [3.8, 4) is 0 Å². The Morgan fingerprint density at radius 3 is 0.737 bits per heavy atom. The van der Waals surface area contributed by atoms with Crippen LogP contribution in [0.3, 0.4) is 0 Å². The number of aliphatic hydroxyl groups is 2. The molecule has 2 unspecified atom stereocenters. The normalized spacial score (nSPS) is 12.8. The first kappa shape index (κ1) is 40.1. The summed E-state index contributed by atoms with van der Waals surface area (Å²) < 4.78 is 0. The van der Waals surface area contributed by atoms with Crippen LogP contribution in [0.4, 0.5) is 0 Å². The summed E-state index contributed by atoms with van der Waals surface area (Å²) in [6.07, 6.45) is 37.9. The van der Waals surface area contributed by atoms with Gasteiger partial charge in [0, 0.05) is 13.2 Å². The molecule has 2 N–H and O–H groups in total. The van der Waals surface area contributed by atoms with E-state index < -0.39 is 0 Å². The van der Waals surface area contributed by atoms with Crippen molar-refractivity contribution in [2.45, 2.75) is 207 Å². The molecule has 0 amide bonds. The fourth-order valence-electron chi connectivity index (χ4n) is 5.73. The van der Waals surface area contributed by atoms with Gasteiger partial charge in [0.2, 0.25) is 0 Å². The Bertz CT molecular complexity index is 384. The largest absolute Gasteiger partial charge is 0.396 e. The monoisotopic (exact) mass is 541 g/mol. The second-order valence-corrected chi connectivity index (χ2v) is 12.3. The summed E-state index contributed by atoms with van der Waals surface area (Å²) in [6.45, 7) is 9.86. The fourth-order valence-corrected chi connectivity index (χ4v) is 5.73. The molecule has 0 aromatic carbocycles. The van der Waals surface area contributed by atoms with Crippen molar-refractivity contribution in [2.24, 2.45) is 11.8 Å². The van der Waals surface area contributed by atoms with Gasteiger partial charge in [-0.2, -0.15) is 0 Å². The van der Waals surface area contributed by atoms with Gasteiger partial charge in [-0.1, -0.05) is 195 Å². The van der Waals surface area contributed by atoms with Crippen LogP contribution in [0.25, 0.3) is 0 Å². The molecule has 0 aromatic rings. The molecule has 38 heavy (non-hydrogen) atoms. The van der Waals surface area contributed by atoms with E-state index in [1.807, 2.05) is 0 Å². The Balaban J connectivity index is 0. The highest BCUT2D eigenvalue weighted by atomic mass is 16.3. The van der Waals surface area contributed by atoms with Crippen molar-refractivity contribution < 1.29 is 10.2 Å². The zero-order valence-corrected chi connectivity index (χ0v) is 27.3. The minimum absolute atomic E-state index is 0.384. The molecule has 0 radical (unpaired) electrons. The highest BCUT2D eigenvalue weighted by Crippen LogP contribution is 2.22. The van der Waals surface area contributed by atoms with Crippen LogP contribution in [0.1, 0.15) is 207 Å². The van der Waals surface area contributed by atoms with Crippen LogP contribution in [0.15, 0.2) is 0 Å². The van der Waals surface area contributed by atoms with Crippen molar-refractivity contribution in [3.63, 3.8) is 0 Å². The van der Waals surface area contributed by atoms with E-state index in [2.05, 4.69) is 27.7 Å². The second kappa shape index (κ2) is 36.9. The summed E-state index contributed by atoms with van der Waals surface area (Å²) in [5.41, 5.74) is 0. The van der Waals surface area contributed by atoms with Crippen LogP contribution in [-0.2, 0) is 0 Å². The molecule has 2 nitrogen and oxygen atoms in total. The minimum atomic E-state index is 0.384. The van der Waals surface area contributed by atoms with Gasteiger partial charge in [0.1, 0.15) is 0 Å². The second-order valence-electron chi connectivity index (χ2n) is 12.3. The van der Waals surface area contributed by atoms with Gasteiger partial charge in [0.25, 0.3) is 0 Å². The van der Waals surface area contributed by atoms with Gasteiger partial charge < -0.3 is 10.2 Å². The van der Waals surface area contributed by atoms with Gasteiger partial charge in [-0.05, 0) is 24.7 Å². The molecule has 232 valence electrons. The maximum atomic E-state index is 9.15. The molecule has 0 rings (SSSR count). The third-order valence-corrected chi connectivity index (χ3v) is 8.44. The lowest BCUT2D eigenvalue weighted by Gasteiger charge is -2.15. The van der Waals surface area contributed by atoms with E-state index in [1.165, 1.54) is 167 Å². The van der Waals surface area contributed by atoms with Crippen LogP contribution >= 0.6 is 0 Å². The lowest BCUT2D eigenvalue weighted by Crippen LogP contribution is -2.03. The third-order valence-electron chi connectivity index (χ3n) is 8.44. The smallest absolute Gasteiger partial charge is 0.0433 e. The predicted molar refractivity (Wildman–Crippen MR) is 173 cm³/mol. The van der Waals surface area contributed by atoms with Crippen molar-refractivity contribution in [2.75, 3.05) is 13.2 Å². The molecule has 0 bridgehead atoms. The molecule has 0 saturated carbocycles. The summed E-state index contributed by atoms with van der Waals surface area (Å²) in [5.74, 6) is 1.58. The molecule has 2 heteroatoms. The molecule has 0 spiro atoms. The highest BCUT2D eigenvalue weighted by Gasteiger charge is 2.08. The number of hydrogen-bond donors (Lipinski definition) is 2.